The van der Waals surface area contributed by atoms with Crippen LogP contribution in [0.4, 0.5) is 0 Å². The molecule has 0 amide bonds. The van der Waals surface area contributed by atoms with Gasteiger partial charge in [0.2, 0.25) is 0 Å². The van der Waals surface area contributed by atoms with Crippen LogP contribution in [0.2, 0.25) is 0 Å². The van der Waals surface area contributed by atoms with Crippen molar-refractivity contribution in [1.29, 1.82) is 0 Å². The standard InChI is InChI=1S/C25H32N4O/c1-14(2)21-13-20-18(6)26-24-23(22-16(4)11-15(3)12-17(22)5)19(7)27-29(24)25(20)28(21)9-10-30-8/h11-14H,9-10H2,1-8H3. The van der Waals surface area contributed by atoms with Crippen LogP contribution in [-0.4, -0.2) is 32.9 Å². The van der Waals surface area contributed by atoms with Crippen molar-refractivity contribution in [2.75, 3.05) is 13.7 Å². The lowest BCUT2D eigenvalue weighted by Gasteiger charge is -2.14. The summed E-state index contributed by atoms with van der Waals surface area (Å²) in [5.41, 5.74) is 11.6. The van der Waals surface area contributed by atoms with Crippen LogP contribution in [0, 0.1) is 34.6 Å². The smallest absolute Gasteiger partial charge is 0.165 e. The molecular weight excluding hydrogens is 372 g/mol. The maximum absolute atomic E-state index is 5.42. The molecule has 0 aliphatic carbocycles. The lowest BCUT2D eigenvalue weighted by molar-refractivity contribution is 0.187. The van der Waals surface area contributed by atoms with Gasteiger partial charge in [-0.1, -0.05) is 31.5 Å². The first-order valence-corrected chi connectivity index (χ1v) is 10.7. The minimum Gasteiger partial charge on any atom is -0.383 e. The van der Waals surface area contributed by atoms with E-state index in [2.05, 4.69) is 71.2 Å². The van der Waals surface area contributed by atoms with Gasteiger partial charge in [-0.2, -0.15) is 9.61 Å². The molecule has 5 nitrogen and oxygen atoms in total. The number of aryl methyl sites for hydroxylation is 5. The summed E-state index contributed by atoms with van der Waals surface area (Å²) in [4.78, 5) is 5.06. The molecule has 30 heavy (non-hydrogen) atoms. The molecule has 0 aliphatic heterocycles. The molecular formula is C25H32N4O. The first-order valence-electron chi connectivity index (χ1n) is 10.7. The molecule has 0 aliphatic rings. The van der Waals surface area contributed by atoms with Gasteiger partial charge in [-0.15, -0.1) is 0 Å². The Morgan fingerprint density at radius 1 is 0.933 bits per heavy atom. The summed E-state index contributed by atoms with van der Waals surface area (Å²) in [7, 11) is 1.75. The Bertz CT molecular complexity index is 1240. The van der Waals surface area contributed by atoms with Crippen LogP contribution in [0.5, 0.6) is 0 Å². The van der Waals surface area contributed by atoms with E-state index in [4.69, 9.17) is 14.8 Å². The molecule has 0 radical (unpaired) electrons. The van der Waals surface area contributed by atoms with Gasteiger partial charge in [0.15, 0.2) is 5.65 Å². The molecule has 4 aromatic rings. The van der Waals surface area contributed by atoms with Crippen molar-refractivity contribution in [3.05, 3.63) is 52.0 Å². The number of hydrogen-bond acceptors (Lipinski definition) is 3. The molecule has 3 aromatic heterocycles. The highest BCUT2D eigenvalue weighted by molar-refractivity contribution is 5.90. The Morgan fingerprint density at radius 3 is 2.20 bits per heavy atom. The van der Waals surface area contributed by atoms with Gasteiger partial charge in [-0.05, 0) is 63.3 Å². The third-order valence-corrected chi connectivity index (χ3v) is 6.04. The minimum absolute atomic E-state index is 0.404. The van der Waals surface area contributed by atoms with Gasteiger partial charge >= 0.3 is 0 Å². The fourth-order valence-electron chi connectivity index (χ4n) is 4.80. The molecule has 0 fully saturated rings. The van der Waals surface area contributed by atoms with Crippen LogP contribution in [-0.2, 0) is 11.3 Å². The highest BCUT2D eigenvalue weighted by Crippen LogP contribution is 2.36. The molecule has 0 unspecified atom stereocenters. The summed E-state index contributed by atoms with van der Waals surface area (Å²) in [6, 6.07) is 6.76. The molecule has 4 rings (SSSR count). The van der Waals surface area contributed by atoms with E-state index in [0.29, 0.717) is 12.5 Å². The van der Waals surface area contributed by atoms with Crippen molar-refractivity contribution in [3.8, 4) is 11.1 Å². The molecule has 0 spiro atoms. The number of methoxy groups -OCH3 is 1. The van der Waals surface area contributed by atoms with Crippen molar-refractivity contribution in [2.45, 2.75) is 60.9 Å². The van der Waals surface area contributed by atoms with Gasteiger partial charge in [-0.3, -0.25) is 0 Å². The Labute approximate surface area is 178 Å². The van der Waals surface area contributed by atoms with Crippen LogP contribution < -0.4 is 0 Å². The summed E-state index contributed by atoms with van der Waals surface area (Å²) >= 11 is 0. The maximum Gasteiger partial charge on any atom is 0.165 e. The molecule has 5 heteroatoms. The predicted molar refractivity (Wildman–Crippen MR) is 124 cm³/mol. The maximum atomic E-state index is 5.42. The Morgan fingerprint density at radius 2 is 1.60 bits per heavy atom. The monoisotopic (exact) mass is 404 g/mol. The molecule has 3 heterocycles. The van der Waals surface area contributed by atoms with Crippen molar-refractivity contribution < 1.29 is 4.74 Å². The second-order valence-corrected chi connectivity index (χ2v) is 8.77. The highest BCUT2D eigenvalue weighted by Gasteiger charge is 2.23. The van der Waals surface area contributed by atoms with Crippen LogP contribution in [0.1, 0.15) is 53.5 Å². The van der Waals surface area contributed by atoms with E-state index in [-0.39, 0.29) is 0 Å². The molecule has 0 saturated heterocycles. The largest absolute Gasteiger partial charge is 0.383 e. The average molecular weight is 405 g/mol. The first-order chi connectivity index (χ1) is 14.2. The molecule has 0 atom stereocenters. The SMILES string of the molecule is COCCn1c(C(C)C)cc2c(C)nc3c(-c4c(C)cc(C)cc4C)c(C)nn3c21. The Hall–Kier alpha value is -2.66. The summed E-state index contributed by atoms with van der Waals surface area (Å²) in [5, 5.41) is 6.16. The van der Waals surface area contributed by atoms with Gasteiger partial charge in [0, 0.05) is 24.7 Å². The quantitative estimate of drug-likeness (QED) is 0.431. The zero-order chi connectivity index (χ0) is 21.7. The van der Waals surface area contributed by atoms with Crippen LogP contribution >= 0.6 is 0 Å². The van der Waals surface area contributed by atoms with E-state index in [1.54, 1.807) is 7.11 Å². The lowest BCUT2D eigenvalue weighted by atomic mass is 9.94. The van der Waals surface area contributed by atoms with Gasteiger partial charge in [-0.25, -0.2) is 4.98 Å². The fraction of sp³-hybridized carbons (Fsp3) is 0.440. The number of benzene rings is 1. The number of ether oxygens (including phenoxy) is 1. The zero-order valence-corrected chi connectivity index (χ0v) is 19.4. The number of nitrogens with zero attached hydrogens (tertiary/aromatic N) is 4. The van der Waals surface area contributed by atoms with Gasteiger partial charge in [0.25, 0.3) is 0 Å². The summed E-state index contributed by atoms with van der Waals surface area (Å²) in [5.74, 6) is 0.404. The van der Waals surface area contributed by atoms with Gasteiger partial charge < -0.3 is 9.30 Å². The fourth-order valence-corrected chi connectivity index (χ4v) is 4.80. The topological polar surface area (TPSA) is 44.3 Å². The van der Waals surface area contributed by atoms with E-state index >= 15 is 0 Å². The third-order valence-electron chi connectivity index (χ3n) is 6.04. The van der Waals surface area contributed by atoms with Crippen LogP contribution in [0.25, 0.3) is 27.8 Å². The van der Waals surface area contributed by atoms with Crippen molar-refractivity contribution in [3.63, 3.8) is 0 Å². The number of fused-ring (bicyclic) bond motifs is 3. The molecule has 0 saturated carbocycles. The van der Waals surface area contributed by atoms with E-state index in [9.17, 15) is 0 Å². The highest BCUT2D eigenvalue weighted by atomic mass is 16.5. The molecule has 0 bridgehead atoms. The van der Waals surface area contributed by atoms with Crippen molar-refractivity contribution in [1.82, 2.24) is 19.2 Å². The van der Waals surface area contributed by atoms with E-state index in [1.807, 2.05) is 4.52 Å². The number of hydrogen-bond donors (Lipinski definition) is 0. The van der Waals surface area contributed by atoms with Crippen molar-refractivity contribution >= 4 is 16.7 Å². The molecule has 1 aromatic carbocycles. The van der Waals surface area contributed by atoms with E-state index in [0.717, 1.165) is 40.2 Å². The lowest BCUT2D eigenvalue weighted by Crippen LogP contribution is -2.11. The minimum atomic E-state index is 0.404. The van der Waals surface area contributed by atoms with Gasteiger partial charge in [0.05, 0.1) is 23.6 Å². The van der Waals surface area contributed by atoms with Crippen LogP contribution in [0.15, 0.2) is 18.2 Å². The van der Waals surface area contributed by atoms with E-state index in [1.165, 1.54) is 27.9 Å². The number of rotatable bonds is 5. The predicted octanol–water partition coefficient (Wildman–Crippen LogP) is 5.66. The second kappa shape index (κ2) is 7.55. The van der Waals surface area contributed by atoms with E-state index < -0.39 is 0 Å². The number of aromatic nitrogens is 4. The second-order valence-electron chi connectivity index (χ2n) is 8.77. The van der Waals surface area contributed by atoms with Crippen molar-refractivity contribution in [2.24, 2.45) is 0 Å². The average Bonchev–Trinajstić information content (AvgIpc) is 3.19. The normalized spacial score (nSPS) is 12.0. The summed E-state index contributed by atoms with van der Waals surface area (Å²) < 4.78 is 9.82. The Kier molecular flexibility index (Phi) is 5.18. The van der Waals surface area contributed by atoms with Gasteiger partial charge in [0.1, 0.15) is 5.65 Å². The molecule has 158 valence electrons. The summed E-state index contributed by atoms with van der Waals surface area (Å²) in [6.07, 6.45) is 0. The summed E-state index contributed by atoms with van der Waals surface area (Å²) in [6.45, 7) is 16.6. The third kappa shape index (κ3) is 3.12. The first kappa shape index (κ1) is 20.6. The Balaban J connectivity index is 2.12. The zero-order valence-electron chi connectivity index (χ0n) is 19.4. The van der Waals surface area contributed by atoms with Crippen LogP contribution in [0.3, 0.4) is 0 Å². The molecule has 0 N–H and O–H groups in total.